The number of hydrogen-bond acceptors (Lipinski definition) is 5. The van der Waals surface area contributed by atoms with Crippen molar-refractivity contribution in [2.45, 2.75) is 32.1 Å². The van der Waals surface area contributed by atoms with Gasteiger partial charge in [-0.3, -0.25) is 19.7 Å². The fourth-order valence-electron chi connectivity index (χ4n) is 3.88. The van der Waals surface area contributed by atoms with Crippen LogP contribution in [0, 0.1) is 16.0 Å². The number of anilines is 1. The van der Waals surface area contributed by atoms with Gasteiger partial charge in [-0.25, -0.2) is 0 Å². The second-order valence-electron chi connectivity index (χ2n) is 7.74. The van der Waals surface area contributed by atoms with Crippen LogP contribution in [0.25, 0.3) is 0 Å². The molecule has 0 unspecified atom stereocenters. The number of amides is 1. The number of non-ortho nitro benzene ring substituents is 1. The van der Waals surface area contributed by atoms with E-state index in [1.165, 1.54) is 55.2 Å². The number of carbonyl (C=O) groups is 2. The molecule has 0 bridgehead atoms. The lowest BCUT2D eigenvalue weighted by Gasteiger charge is -2.23. The number of hydrogen-bond donors (Lipinski definition) is 1. The fraction of sp³-hybridized carbons (Fsp3) is 0.391. The number of nitro groups is 1. The summed E-state index contributed by atoms with van der Waals surface area (Å²) in [7, 11) is 1.59. The average Bonchev–Trinajstić information content (AvgIpc) is 2.78. The van der Waals surface area contributed by atoms with Gasteiger partial charge in [0.1, 0.15) is 0 Å². The molecular formula is C23H27N3O4. The monoisotopic (exact) mass is 409 g/mol. The van der Waals surface area contributed by atoms with Gasteiger partial charge in [-0.1, -0.05) is 49.6 Å². The summed E-state index contributed by atoms with van der Waals surface area (Å²) in [6.45, 7) is 0.957. The first kappa shape index (κ1) is 21.6. The molecule has 0 saturated heterocycles. The highest BCUT2D eigenvalue weighted by atomic mass is 16.6. The molecule has 1 aliphatic carbocycles. The maximum atomic E-state index is 13.0. The van der Waals surface area contributed by atoms with E-state index in [4.69, 9.17) is 0 Å². The molecule has 2 aromatic carbocycles. The van der Waals surface area contributed by atoms with Gasteiger partial charge >= 0.3 is 0 Å². The Balaban J connectivity index is 1.76. The van der Waals surface area contributed by atoms with Crippen LogP contribution in [0.5, 0.6) is 0 Å². The standard InChI is InChI=1S/C23H27N3O4/c1-25(22(27)16-24-15-17-8-4-2-5-9-17)21-13-12-19(26(29)30)14-20(21)23(28)18-10-6-3-7-11-18/h3,6-7,10-14,17,24H,2,4-5,8-9,15-16H2,1H3. The number of nitrogens with zero attached hydrogens (tertiary/aromatic N) is 2. The summed E-state index contributed by atoms with van der Waals surface area (Å²) < 4.78 is 0. The van der Waals surface area contributed by atoms with Crippen LogP contribution < -0.4 is 10.2 Å². The van der Waals surface area contributed by atoms with Crippen LogP contribution in [0.3, 0.4) is 0 Å². The summed E-state index contributed by atoms with van der Waals surface area (Å²) in [5.41, 5.74) is 0.724. The first-order valence-corrected chi connectivity index (χ1v) is 10.3. The Morgan fingerprint density at radius 2 is 1.80 bits per heavy atom. The van der Waals surface area contributed by atoms with Gasteiger partial charge in [0.25, 0.3) is 5.69 Å². The van der Waals surface area contributed by atoms with Crippen LogP contribution in [0.4, 0.5) is 11.4 Å². The normalized spacial score (nSPS) is 14.3. The molecule has 7 heteroatoms. The number of carbonyl (C=O) groups excluding carboxylic acids is 2. The Morgan fingerprint density at radius 3 is 2.47 bits per heavy atom. The highest BCUT2D eigenvalue weighted by Gasteiger charge is 2.23. The highest BCUT2D eigenvalue weighted by molar-refractivity contribution is 6.14. The van der Waals surface area contributed by atoms with Crippen LogP contribution >= 0.6 is 0 Å². The fourth-order valence-corrected chi connectivity index (χ4v) is 3.88. The van der Waals surface area contributed by atoms with Gasteiger partial charge in [0.2, 0.25) is 5.91 Å². The number of ketones is 1. The van der Waals surface area contributed by atoms with Crippen LogP contribution in [0.2, 0.25) is 0 Å². The van der Waals surface area contributed by atoms with E-state index in [0.29, 0.717) is 17.2 Å². The lowest BCUT2D eigenvalue weighted by atomic mass is 9.89. The molecule has 0 radical (unpaired) electrons. The van der Waals surface area contributed by atoms with Crippen molar-refractivity contribution in [1.29, 1.82) is 0 Å². The van der Waals surface area contributed by atoms with Gasteiger partial charge < -0.3 is 10.2 Å². The van der Waals surface area contributed by atoms with Crippen LogP contribution in [-0.4, -0.2) is 36.8 Å². The molecule has 2 aromatic rings. The van der Waals surface area contributed by atoms with Crippen molar-refractivity contribution in [2.75, 3.05) is 25.0 Å². The largest absolute Gasteiger partial charge is 0.314 e. The number of nitro benzene ring substituents is 1. The predicted molar refractivity (Wildman–Crippen MR) is 116 cm³/mol. The molecule has 1 fully saturated rings. The maximum absolute atomic E-state index is 13.0. The zero-order valence-electron chi connectivity index (χ0n) is 17.2. The van der Waals surface area contributed by atoms with Gasteiger partial charge in [0.15, 0.2) is 5.78 Å². The summed E-state index contributed by atoms with van der Waals surface area (Å²) in [6, 6.07) is 12.6. The average molecular weight is 409 g/mol. The second kappa shape index (κ2) is 10.1. The molecule has 30 heavy (non-hydrogen) atoms. The minimum atomic E-state index is -0.543. The minimum Gasteiger partial charge on any atom is -0.314 e. The lowest BCUT2D eigenvalue weighted by Crippen LogP contribution is -2.38. The third-order valence-corrected chi connectivity index (χ3v) is 5.64. The zero-order chi connectivity index (χ0) is 21.5. The van der Waals surface area contributed by atoms with Crippen LogP contribution in [0.1, 0.15) is 48.0 Å². The number of benzene rings is 2. The first-order chi connectivity index (χ1) is 14.5. The van der Waals surface area contributed by atoms with E-state index in [0.717, 1.165) is 6.54 Å². The van der Waals surface area contributed by atoms with Crippen molar-refractivity contribution in [3.63, 3.8) is 0 Å². The predicted octanol–water partition coefficient (Wildman–Crippen LogP) is 3.96. The zero-order valence-corrected chi connectivity index (χ0v) is 17.2. The van der Waals surface area contributed by atoms with E-state index in [2.05, 4.69) is 5.32 Å². The maximum Gasteiger partial charge on any atom is 0.270 e. The van der Waals surface area contributed by atoms with Crippen molar-refractivity contribution in [3.8, 4) is 0 Å². The SMILES string of the molecule is CN(C(=O)CNCC1CCCCC1)c1ccc([N+](=O)[O-])cc1C(=O)c1ccccc1. The summed E-state index contributed by atoms with van der Waals surface area (Å²) in [5, 5.41) is 14.5. The molecule has 0 spiro atoms. The van der Waals surface area contributed by atoms with Gasteiger partial charge in [-0.15, -0.1) is 0 Å². The smallest absolute Gasteiger partial charge is 0.270 e. The molecule has 7 nitrogen and oxygen atoms in total. The molecule has 0 aromatic heterocycles. The quantitative estimate of drug-likeness (QED) is 0.405. The van der Waals surface area contributed by atoms with E-state index in [1.807, 2.05) is 0 Å². The van der Waals surface area contributed by atoms with Crippen molar-refractivity contribution in [3.05, 3.63) is 69.8 Å². The molecule has 1 saturated carbocycles. The molecule has 0 heterocycles. The summed E-state index contributed by atoms with van der Waals surface area (Å²) in [4.78, 5) is 37.8. The highest BCUT2D eigenvalue weighted by Crippen LogP contribution is 2.27. The number of rotatable bonds is 8. The van der Waals surface area contributed by atoms with E-state index in [9.17, 15) is 19.7 Å². The molecule has 1 aliphatic rings. The summed E-state index contributed by atoms with van der Waals surface area (Å²) in [6.07, 6.45) is 6.16. The van der Waals surface area contributed by atoms with Crippen LogP contribution in [-0.2, 0) is 4.79 Å². The van der Waals surface area contributed by atoms with Crippen molar-refractivity contribution < 1.29 is 14.5 Å². The van der Waals surface area contributed by atoms with Crippen molar-refractivity contribution in [1.82, 2.24) is 5.32 Å². The van der Waals surface area contributed by atoms with Crippen LogP contribution in [0.15, 0.2) is 48.5 Å². The first-order valence-electron chi connectivity index (χ1n) is 10.3. The Bertz CT molecular complexity index is 908. The summed E-state index contributed by atoms with van der Waals surface area (Å²) >= 11 is 0. The number of nitrogens with one attached hydrogen (secondary N) is 1. The van der Waals surface area contributed by atoms with E-state index in [-0.39, 0.29) is 29.5 Å². The minimum absolute atomic E-state index is 0.138. The lowest BCUT2D eigenvalue weighted by molar-refractivity contribution is -0.384. The van der Waals surface area contributed by atoms with E-state index in [1.54, 1.807) is 37.4 Å². The molecular weight excluding hydrogens is 382 g/mol. The Morgan fingerprint density at radius 1 is 1.10 bits per heavy atom. The van der Waals surface area contributed by atoms with Gasteiger partial charge in [0, 0.05) is 24.7 Å². The number of likely N-dealkylation sites (N-methyl/N-ethyl adjacent to an activating group) is 1. The third kappa shape index (κ3) is 5.30. The van der Waals surface area contributed by atoms with Gasteiger partial charge in [-0.05, 0) is 31.4 Å². The molecule has 1 N–H and O–H groups in total. The molecule has 158 valence electrons. The Hall–Kier alpha value is -3.06. The molecule has 3 rings (SSSR count). The molecule has 0 atom stereocenters. The summed E-state index contributed by atoms with van der Waals surface area (Å²) in [5.74, 6) is 0.0531. The molecule has 1 amide bonds. The van der Waals surface area contributed by atoms with Gasteiger partial charge in [-0.2, -0.15) is 0 Å². The van der Waals surface area contributed by atoms with Gasteiger partial charge in [0.05, 0.1) is 22.7 Å². The van der Waals surface area contributed by atoms with E-state index < -0.39 is 4.92 Å². The second-order valence-corrected chi connectivity index (χ2v) is 7.74. The Labute approximate surface area is 176 Å². The topological polar surface area (TPSA) is 92.6 Å². The van der Waals surface area contributed by atoms with Crippen molar-refractivity contribution in [2.24, 2.45) is 5.92 Å². The van der Waals surface area contributed by atoms with E-state index >= 15 is 0 Å². The Kier molecular flexibility index (Phi) is 7.30. The molecule has 0 aliphatic heterocycles. The third-order valence-electron chi connectivity index (χ3n) is 5.64. The van der Waals surface area contributed by atoms with Crippen molar-refractivity contribution >= 4 is 23.1 Å².